The van der Waals surface area contributed by atoms with Crippen LogP contribution in [0.2, 0.25) is 0 Å². The van der Waals surface area contributed by atoms with Gasteiger partial charge >= 0.3 is 0 Å². The first-order chi connectivity index (χ1) is 7.17. The SMILES string of the molecule is CCn1ncnc1CC(CO)CC(C)C. The summed E-state index contributed by atoms with van der Waals surface area (Å²) in [6.45, 7) is 7.47. The number of rotatable bonds is 6. The van der Waals surface area contributed by atoms with Crippen LogP contribution >= 0.6 is 0 Å². The fraction of sp³-hybridized carbons (Fsp3) is 0.818. The minimum absolute atomic E-state index is 0.231. The molecule has 0 saturated heterocycles. The van der Waals surface area contributed by atoms with Crippen molar-refractivity contribution in [2.75, 3.05) is 6.61 Å². The average Bonchev–Trinajstić information content (AvgIpc) is 2.63. The number of aliphatic hydroxyl groups excluding tert-OH is 1. The molecule has 1 aromatic heterocycles. The molecule has 86 valence electrons. The largest absolute Gasteiger partial charge is 0.396 e. The highest BCUT2D eigenvalue weighted by Gasteiger charge is 2.14. The summed E-state index contributed by atoms with van der Waals surface area (Å²) >= 11 is 0. The average molecular weight is 211 g/mol. The van der Waals surface area contributed by atoms with Gasteiger partial charge in [-0.25, -0.2) is 4.98 Å². The van der Waals surface area contributed by atoms with Gasteiger partial charge < -0.3 is 5.11 Å². The van der Waals surface area contributed by atoms with Gasteiger partial charge in [0.05, 0.1) is 0 Å². The van der Waals surface area contributed by atoms with Gasteiger partial charge in [-0.15, -0.1) is 0 Å². The van der Waals surface area contributed by atoms with E-state index in [0.29, 0.717) is 11.8 Å². The Morgan fingerprint density at radius 2 is 2.20 bits per heavy atom. The highest BCUT2D eigenvalue weighted by atomic mass is 16.3. The minimum Gasteiger partial charge on any atom is -0.396 e. The summed E-state index contributed by atoms with van der Waals surface area (Å²) in [6, 6.07) is 0. The molecule has 0 aliphatic rings. The van der Waals surface area contributed by atoms with Crippen LogP contribution in [0.1, 0.15) is 33.0 Å². The van der Waals surface area contributed by atoms with E-state index < -0.39 is 0 Å². The van der Waals surface area contributed by atoms with E-state index in [1.165, 1.54) is 0 Å². The van der Waals surface area contributed by atoms with Crippen LogP contribution in [0.5, 0.6) is 0 Å². The maximum Gasteiger partial charge on any atom is 0.138 e. The highest BCUT2D eigenvalue weighted by molar-refractivity contribution is 4.87. The van der Waals surface area contributed by atoms with Crippen molar-refractivity contribution < 1.29 is 5.11 Å². The molecule has 4 heteroatoms. The molecule has 15 heavy (non-hydrogen) atoms. The van der Waals surface area contributed by atoms with Crippen LogP contribution in [0.25, 0.3) is 0 Å². The molecule has 1 heterocycles. The van der Waals surface area contributed by atoms with Crippen molar-refractivity contribution >= 4 is 0 Å². The third-order valence-electron chi connectivity index (χ3n) is 2.53. The Balaban J connectivity index is 2.58. The number of aryl methyl sites for hydroxylation is 1. The van der Waals surface area contributed by atoms with Gasteiger partial charge in [-0.2, -0.15) is 5.10 Å². The molecule has 0 aliphatic carbocycles. The van der Waals surface area contributed by atoms with Gasteiger partial charge in [-0.3, -0.25) is 4.68 Å². The van der Waals surface area contributed by atoms with Crippen molar-refractivity contribution in [1.82, 2.24) is 14.8 Å². The van der Waals surface area contributed by atoms with E-state index in [2.05, 4.69) is 30.9 Å². The molecule has 1 unspecified atom stereocenters. The molecular formula is C11H21N3O. The predicted octanol–water partition coefficient (Wildman–Crippen LogP) is 1.50. The lowest BCUT2D eigenvalue weighted by Crippen LogP contribution is -2.16. The van der Waals surface area contributed by atoms with Gasteiger partial charge in [-0.05, 0) is 25.2 Å². The van der Waals surface area contributed by atoms with E-state index >= 15 is 0 Å². The van der Waals surface area contributed by atoms with Crippen LogP contribution in [0.4, 0.5) is 0 Å². The minimum atomic E-state index is 0.231. The van der Waals surface area contributed by atoms with E-state index in [-0.39, 0.29) is 6.61 Å². The Labute approximate surface area is 91.3 Å². The molecule has 0 amide bonds. The Morgan fingerprint density at radius 1 is 1.47 bits per heavy atom. The van der Waals surface area contributed by atoms with Gasteiger partial charge in [0, 0.05) is 19.6 Å². The van der Waals surface area contributed by atoms with E-state index in [1.807, 2.05) is 4.68 Å². The normalized spacial score (nSPS) is 13.4. The zero-order valence-corrected chi connectivity index (χ0v) is 9.85. The van der Waals surface area contributed by atoms with Gasteiger partial charge in [-0.1, -0.05) is 13.8 Å². The molecule has 0 aliphatic heterocycles. The maximum atomic E-state index is 9.28. The monoisotopic (exact) mass is 211 g/mol. The molecule has 0 saturated carbocycles. The van der Waals surface area contributed by atoms with Crippen molar-refractivity contribution in [2.45, 2.75) is 40.2 Å². The van der Waals surface area contributed by atoms with Crippen LogP contribution in [-0.4, -0.2) is 26.5 Å². The summed E-state index contributed by atoms with van der Waals surface area (Å²) < 4.78 is 1.89. The second-order valence-electron chi connectivity index (χ2n) is 4.37. The maximum absolute atomic E-state index is 9.28. The molecule has 1 rings (SSSR count). The highest BCUT2D eigenvalue weighted by Crippen LogP contribution is 2.15. The topological polar surface area (TPSA) is 50.9 Å². The first-order valence-electron chi connectivity index (χ1n) is 5.64. The Bertz CT molecular complexity index is 283. The fourth-order valence-corrected chi connectivity index (χ4v) is 1.86. The van der Waals surface area contributed by atoms with Crippen LogP contribution in [-0.2, 0) is 13.0 Å². The zero-order valence-electron chi connectivity index (χ0n) is 9.85. The molecule has 0 aromatic carbocycles. The summed E-state index contributed by atoms with van der Waals surface area (Å²) in [4.78, 5) is 4.22. The number of nitrogens with zero attached hydrogens (tertiary/aromatic N) is 3. The molecule has 1 N–H and O–H groups in total. The Morgan fingerprint density at radius 3 is 2.73 bits per heavy atom. The molecule has 0 bridgehead atoms. The molecule has 0 spiro atoms. The van der Waals surface area contributed by atoms with Gasteiger partial charge in [0.2, 0.25) is 0 Å². The third kappa shape index (κ3) is 3.63. The standard InChI is InChI=1S/C11H21N3O/c1-4-14-11(12-8-13-14)6-10(7-15)5-9(2)3/h8-10,15H,4-7H2,1-3H3. The number of hydrogen-bond donors (Lipinski definition) is 1. The van der Waals surface area contributed by atoms with E-state index in [4.69, 9.17) is 0 Å². The molecule has 0 radical (unpaired) electrons. The second kappa shape index (κ2) is 5.85. The molecule has 0 fully saturated rings. The predicted molar refractivity (Wildman–Crippen MR) is 59.4 cm³/mol. The van der Waals surface area contributed by atoms with Crippen molar-refractivity contribution in [3.8, 4) is 0 Å². The van der Waals surface area contributed by atoms with Crippen LogP contribution in [0.3, 0.4) is 0 Å². The summed E-state index contributed by atoms with van der Waals surface area (Å²) in [7, 11) is 0. The van der Waals surface area contributed by atoms with Gasteiger partial charge in [0.15, 0.2) is 0 Å². The van der Waals surface area contributed by atoms with Crippen LogP contribution in [0.15, 0.2) is 6.33 Å². The third-order valence-corrected chi connectivity index (χ3v) is 2.53. The smallest absolute Gasteiger partial charge is 0.138 e. The number of hydrogen-bond acceptors (Lipinski definition) is 3. The van der Waals surface area contributed by atoms with Crippen molar-refractivity contribution in [2.24, 2.45) is 11.8 Å². The van der Waals surface area contributed by atoms with Gasteiger partial charge in [0.25, 0.3) is 0 Å². The molecular weight excluding hydrogens is 190 g/mol. The quantitative estimate of drug-likeness (QED) is 0.775. The van der Waals surface area contributed by atoms with Crippen molar-refractivity contribution in [1.29, 1.82) is 0 Å². The van der Waals surface area contributed by atoms with Crippen LogP contribution < -0.4 is 0 Å². The van der Waals surface area contributed by atoms with Gasteiger partial charge in [0.1, 0.15) is 12.2 Å². The fourth-order valence-electron chi connectivity index (χ4n) is 1.86. The first kappa shape index (κ1) is 12.2. The van der Waals surface area contributed by atoms with Crippen molar-refractivity contribution in [3.63, 3.8) is 0 Å². The van der Waals surface area contributed by atoms with Crippen molar-refractivity contribution in [3.05, 3.63) is 12.2 Å². The molecule has 1 aromatic rings. The van der Waals surface area contributed by atoms with E-state index in [1.54, 1.807) is 6.33 Å². The Kier molecular flexibility index (Phi) is 4.75. The lowest BCUT2D eigenvalue weighted by molar-refractivity contribution is 0.202. The summed E-state index contributed by atoms with van der Waals surface area (Å²) in [5.41, 5.74) is 0. The van der Waals surface area contributed by atoms with E-state index in [9.17, 15) is 5.11 Å². The second-order valence-corrected chi connectivity index (χ2v) is 4.37. The summed E-state index contributed by atoms with van der Waals surface area (Å²) in [6.07, 6.45) is 3.44. The first-order valence-corrected chi connectivity index (χ1v) is 5.64. The number of aromatic nitrogens is 3. The summed E-state index contributed by atoms with van der Waals surface area (Å²) in [5.74, 6) is 1.90. The Hall–Kier alpha value is -0.900. The summed E-state index contributed by atoms with van der Waals surface area (Å²) in [5, 5.41) is 13.4. The lowest BCUT2D eigenvalue weighted by Gasteiger charge is -2.15. The molecule has 1 atom stereocenters. The lowest BCUT2D eigenvalue weighted by atomic mass is 9.95. The molecule has 4 nitrogen and oxygen atoms in total. The zero-order chi connectivity index (χ0) is 11.3. The number of aliphatic hydroxyl groups is 1. The van der Waals surface area contributed by atoms with E-state index in [0.717, 1.165) is 25.2 Å². The van der Waals surface area contributed by atoms with Crippen LogP contribution in [0, 0.1) is 11.8 Å².